The first-order valence-corrected chi connectivity index (χ1v) is 4.73. The van der Waals surface area contributed by atoms with Gasteiger partial charge in [0, 0.05) is 6.42 Å². The van der Waals surface area contributed by atoms with Gasteiger partial charge < -0.3 is 0 Å². The van der Waals surface area contributed by atoms with E-state index in [1.54, 1.807) is 6.92 Å². The number of allylic oxidation sites excluding steroid dienone is 4. The average molecular weight is 188 g/mol. The van der Waals surface area contributed by atoms with E-state index in [2.05, 4.69) is 0 Å². The minimum Gasteiger partial charge on any atom is -0.294 e. The Morgan fingerprint density at radius 1 is 1.42 bits per heavy atom. The van der Waals surface area contributed by atoms with Gasteiger partial charge in [0.25, 0.3) is 10.1 Å². The molecule has 0 radical (unpaired) electrons. The summed E-state index contributed by atoms with van der Waals surface area (Å²) in [6.45, 7) is 1.60. The van der Waals surface area contributed by atoms with Crippen LogP contribution in [0.3, 0.4) is 0 Å². The Morgan fingerprint density at radius 3 is 2.42 bits per heavy atom. The van der Waals surface area contributed by atoms with Crippen molar-refractivity contribution in [3.05, 3.63) is 22.6 Å². The summed E-state index contributed by atoms with van der Waals surface area (Å²) in [7, 11) is -4.19. The number of Topliss-reactive ketones (excluding diaryl/α,β-unsaturated/α-hetero) is 1. The molecule has 0 amide bonds. The summed E-state index contributed by atoms with van der Waals surface area (Å²) in [6.07, 6.45) is 2.39. The van der Waals surface area contributed by atoms with E-state index in [9.17, 15) is 13.2 Å². The Balaban J connectivity index is 3.08. The number of ketones is 1. The third kappa shape index (κ3) is 1.80. The van der Waals surface area contributed by atoms with Crippen molar-refractivity contribution in [2.75, 3.05) is 0 Å². The highest BCUT2D eigenvalue weighted by molar-refractivity contribution is 7.89. The number of hydrogen-bond donors (Lipinski definition) is 1. The molecule has 0 aliphatic heterocycles. The molecule has 0 spiro atoms. The van der Waals surface area contributed by atoms with E-state index >= 15 is 0 Å². The fraction of sp³-hybridized carbons (Fsp3) is 0.286. The van der Waals surface area contributed by atoms with Gasteiger partial charge in [-0.3, -0.25) is 9.35 Å². The second-order valence-corrected chi connectivity index (χ2v) is 4.03. The number of rotatable bonds is 1. The van der Waals surface area contributed by atoms with E-state index < -0.39 is 10.1 Å². The zero-order valence-corrected chi connectivity index (χ0v) is 7.26. The van der Waals surface area contributed by atoms with E-state index in [0.29, 0.717) is 5.57 Å². The fourth-order valence-corrected chi connectivity index (χ4v) is 1.40. The standard InChI is InChI=1S/C7H8O4S/c1-5-2-3-6(4-7(5)8)12(9,10)11/h2-3H,4H2,1H3,(H,9,10,11). The van der Waals surface area contributed by atoms with Gasteiger partial charge in [-0.25, -0.2) is 0 Å². The van der Waals surface area contributed by atoms with Crippen LogP contribution in [-0.4, -0.2) is 18.8 Å². The molecule has 1 aliphatic rings. The monoisotopic (exact) mass is 188 g/mol. The lowest BCUT2D eigenvalue weighted by atomic mass is 10.1. The lowest BCUT2D eigenvalue weighted by molar-refractivity contribution is -0.114. The lowest BCUT2D eigenvalue weighted by Crippen LogP contribution is -2.11. The summed E-state index contributed by atoms with van der Waals surface area (Å²) in [5.41, 5.74) is 0.502. The van der Waals surface area contributed by atoms with Crippen LogP contribution in [0.2, 0.25) is 0 Å². The molecular formula is C7H8O4S. The number of hydrogen-bond acceptors (Lipinski definition) is 3. The summed E-state index contributed by atoms with van der Waals surface area (Å²) >= 11 is 0. The van der Waals surface area contributed by atoms with Gasteiger partial charge in [-0.1, -0.05) is 6.08 Å². The maximum Gasteiger partial charge on any atom is 0.291 e. The van der Waals surface area contributed by atoms with Gasteiger partial charge in [-0.2, -0.15) is 8.42 Å². The van der Waals surface area contributed by atoms with Gasteiger partial charge in [-0.15, -0.1) is 0 Å². The van der Waals surface area contributed by atoms with Gasteiger partial charge in [-0.05, 0) is 18.6 Å². The Morgan fingerprint density at radius 2 is 2.00 bits per heavy atom. The second-order valence-electron chi connectivity index (χ2n) is 2.56. The highest BCUT2D eigenvalue weighted by atomic mass is 32.2. The minimum absolute atomic E-state index is 0.235. The SMILES string of the molecule is CC1=CC=C(S(=O)(=O)O)CC1=O. The normalized spacial score (nSPS) is 18.7. The van der Waals surface area contributed by atoms with Crippen LogP contribution in [0, 0.1) is 0 Å². The highest BCUT2D eigenvalue weighted by Crippen LogP contribution is 2.18. The number of carbonyl (C=O) groups excluding carboxylic acids is 1. The molecule has 1 aliphatic carbocycles. The topological polar surface area (TPSA) is 71.4 Å². The van der Waals surface area contributed by atoms with Crippen molar-refractivity contribution in [3.63, 3.8) is 0 Å². The molecule has 0 aromatic rings. The zero-order chi connectivity index (χ0) is 9.35. The Kier molecular flexibility index (Phi) is 2.16. The van der Waals surface area contributed by atoms with Crippen LogP contribution >= 0.6 is 0 Å². The van der Waals surface area contributed by atoms with Gasteiger partial charge in [0.15, 0.2) is 5.78 Å². The quantitative estimate of drug-likeness (QED) is 0.614. The first kappa shape index (κ1) is 9.15. The molecule has 0 atom stereocenters. The van der Waals surface area contributed by atoms with E-state index in [0.717, 1.165) is 0 Å². The summed E-state index contributed by atoms with van der Waals surface area (Å²) in [5.74, 6) is -0.273. The summed E-state index contributed by atoms with van der Waals surface area (Å²) in [5, 5.41) is 0. The van der Waals surface area contributed by atoms with E-state index in [4.69, 9.17) is 4.55 Å². The molecule has 0 bridgehead atoms. The van der Waals surface area contributed by atoms with Gasteiger partial charge in [0.1, 0.15) is 0 Å². The van der Waals surface area contributed by atoms with Crippen LogP contribution in [0.15, 0.2) is 22.6 Å². The predicted octanol–water partition coefficient (Wildman–Crippen LogP) is 0.677. The van der Waals surface area contributed by atoms with Crippen LogP contribution in [0.4, 0.5) is 0 Å². The van der Waals surface area contributed by atoms with Crippen molar-refractivity contribution >= 4 is 15.9 Å². The maximum atomic E-state index is 11.0. The van der Waals surface area contributed by atoms with Crippen LogP contribution in [0.25, 0.3) is 0 Å². The largest absolute Gasteiger partial charge is 0.294 e. The molecule has 66 valence electrons. The molecule has 12 heavy (non-hydrogen) atoms. The third-order valence-corrected chi connectivity index (χ3v) is 2.57. The Bertz CT molecular complexity index is 372. The molecule has 0 heterocycles. The molecule has 0 fully saturated rings. The predicted molar refractivity (Wildman–Crippen MR) is 43.0 cm³/mol. The molecule has 1 N–H and O–H groups in total. The van der Waals surface area contributed by atoms with Gasteiger partial charge in [0.2, 0.25) is 0 Å². The Labute approximate surface area is 70.3 Å². The van der Waals surface area contributed by atoms with Gasteiger partial charge in [0.05, 0.1) is 4.91 Å². The van der Waals surface area contributed by atoms with Crippen LogP contribution in [0.5, 0.6) is 0 Å². The third-order valence-electron chi connectivity index (χ3n) is 1.63. The molecule has 0 saturated heterocycles. The summed E-state index contributed by atoms with van der Waals surface area (Å²) < 4.78 is 29.7. The van der Waals surface area contributed by atoms with E-state index in [-0.39, 0.29) is 17.1 Å². The molecule has 5 heteroatoms. The molecule has 0 aromatic carbocycles. The molecular weight excluding hydrogens is 180 g/mol. The first-order chi connectivity index (χ1) is 5.41. The number of carbonyl (C=O) groups is 1. The smallest absolute Gasteiger partial charge is 0.291 e. The maximum absolute atomic E-state index is 11.0. The van der Waals surface area contributed by atoms with Crippen LogP contribution < -0.4 is 0 Å². The second kappa shape index (κ2) is 2.84. The minimum atomic E-state index is -4.19. The van der Waals surface area contributed by atoms with Crippen molar-refractivity contribution in [2.24, 2.45) is 0 Å². The summed E-state index contributed by atoms with van der Waals surface area (Å²) in [4.78, 5) is 10.7. The van der Waals surface area contributed by atoms with Crippen molar-refractivity contribution in [1.82, 2.24) is 0 Å². The summed E-state index contributed by atoms with van der Waals surface area (Å²) in [6, 6.07) is 0. The molecule has 0 unspecified atom stereocenters. The van der Waals surface area contributed by atoms with Crippen molar-refractivity contribution in [3.8, 4) is 0 Å². The van der Waals surface area contributed by atoms with E-state index in [1.807, 2.05) is 0 Å². The Hall–Kier alpha value is -0.940. The zero-order valence-electron chi connectivity index (χ0n) is 6.44. The van der Waals surface area contributed by atoms with E-state index in [1.165, 1.54) is 12.2 Å². The average Bonchev–Trinajstić information content (AvgIpc) is 1.92. The molecule has 0 aromatic heterocycles. The molecule has 1 rings (SSSR count). The fourth-order valence-electron chi connectivity index (χ4n) is 0.845. The van der Waals surface area contributed by atoms with Crippen LogP contribution in [-0.2, 0) is 14.9 Å². The highest BCUT2D eigenvalue weighted by Gasteiger charge is 2.20. The van der Waals surface area contributed by atoms with Crippen LogP contribution in [0.1, 0.15) is 13.3 Å². The van der Waals surface area contributed by atoms with Crippen molar-refractivity contribution in [1.29, 1.82) is 0 Å². The van der Waals surface area contributed by atoms with Gasteiger partial charge >= 0.3 is 0 Å². The first-order valence-electron chi connectivity index (χ1n) is 3.29. The van der Waals surface area contributed by atoms with Crippen molar-refractivity contribution < 1.29 is 17.8 Å². The lowest BCUT2D eigenvalue weighted by Gasteiger charge is -2.07. The molecule has 4 nitrogen and oxygen atoms in total. The molecule has 0 saturated carbocycles. The van der Waals surface area contributed by atoms with Crippen molar-refractivity contribution in [2.45, 2.75) is 13.3 Å².